The van der Waals surface area contributed by atoms with Crippen molar-refractivity contribution in [3.8, 4) is 11.5 Å². The van der Waals surface area contributed by atoms with E-state index in [0.717, 1.165) is 4.57 Å². The summed E-state index contributed by atoms with van der Waals surface area (Å²) in [6, 6.07) is 4.14. The topological polar surface area (TPSA) is 113 Å². The fourth-order valence-electron chi connectivity index (χ4n) is 1.84. The third kappa shape index (κ3) is 3.96. The van der Waals surface area contributed by atoms with E-state index in [0.29, 0.717) is 18.6 Å². The lowest BCUT2D eigenvalue weighted by Gasteiger charge is -2.12. The summed E-state index contributed by atoms with van der Waals surface area (Å²) in [6.45, 7) is 1.58. The Bertz CT molecular complexity index is 843. The molecule has 3 N–H and O–H groups in total. The normalized spacial score (nSPS) is 10.3. The van der Waals surface area contributed by atoms with Crippen LogP contribution in [0, 0.1) is 5.82 Å². The summed E-state index contributed by atoms with van der Waals surface area (Å²) in [4.78, 5) is 36.2. The number of H-pyrrole nitrogens is 1. The highest BCUT2D eigenvalue weighted by Gasteiger charge is 2.12. The average molecular weight is 323 g/mol. The molecule has 1 aromatic carbocycles. The number of ether oxygens (including phenoxy) is 1. The summed E-state index contributed by atoms with van der Waals surface area (Å²) < 4.78 is 19.2. The number of carbonyl (C=O) groups is 1. The van der Waals surface area contributed by atoms with Crippen LogP contribution in [0.15, 0.2) is 34.0 Å². The average Bonchev–Trinajstić information content (AvgIpc) is 2.47. The van der Waals surface area contributed by atoms with Gasteiger partial charge in [-0.05, 0) is 19.1 Å². The van der Waals surface area contributed by atoms with Crippen LogP contribution in [0.4, 0.5) is 10.1 Å². The maximum atomic E-state index is 13.2. The standard InChI is InChI=1S/C14H14FN3O5/c1-2-23-11-4-3-8(19)5-10(11)16-12(20)7-18-6-9(15)13(21)17-14(18)22/h3-6,19H,2,7H2,1H3,(H,16,20)(H,17,21,22). The van der Waals surface area contributed by atoms with Gasteiger partial charge >= 0.3 is 5.69 Å². The van der Waals surface area contributed by atoms with Crippen LogP contribution >= 0.6 is 0 Å². The Morgan fingerprint density at radius 3 is 2.87 bits per heavy atom. The molecule has 122 valence electrons. The fraction of sp³-hybridized carbons (Fsp3) is 0.214. The zero-order valence-electron chi connectivity index (χ0n) is 12.1. The number of hydrogen-bond acceptors (Lipinski definition) is 5. The number of aromatic hydroxyl groups is 1. The van der Waals surface area contributed by atoms with Gasteiger partial charge in [-0.25, -0.2) is 4.79 Å². The molecular weight excluding hydrogens is 309 g/mol. The SMILES string of the molecule is CCOc1ccc(O)cc1NC(=O)Cn1cc(F)c(=O)[nH]c1=O. The molecule has 0 aliphatic rings. The van der Waals surface area contributed by atoms with E-state index < -0.39 is 29.5 Å². The summed E-state index contributed by atoms with van der Waals surface area (Å²) in [5, 5.41) is 11.9. The number of phenols is 1. The number of nitrogens with zero attached hydrogens (tertiary/aromatic N) is 1. The van der Waals surface area contributed by atoms with Crippen molar-refractivity contribution in [3.63, 3.8) is 0 Å². The van der Waals surface area contributed by atoms with E-state index in [9.17, 15) is 23.9 Å². The van der Waals surface area contributed by atoms with Gasteiger partial charge in [0.25, 0.3) is 5.56 Å². The predicted molar refractivity (Wildman–Crippen MR) is 79.2 cm³/mol. The number of carbonyl (C=O) groups excluding carboxylic acids is 1. The van der Waals surface area contributed by atoms with E-state index in [-0.39, 0.29) is 11.4 Å². The number of amides is 1. The first-order valence-corrected chi connectivity index (χ1v) is 6.65. The Morgan fingerprint density at radius 2 is 2.17 bits per heavy atom. The molecule has 0 unspecified atom stereocenters. The number of halogens is 1. The minimum Gasteiger partial charge on any atom is -0.508 e. The van der Waals surface area contributed by atoms with Crippen LogP contribution in [0.5, 0.6) is 11.5 Å². The Balaban J connectivity index is 2.20. The number of benzene rings is 1. The quantitative estimate of drug-likeness (QED) is 0.738. The molecule has 1 amide bonds. The second-order valence-corrected chi connectivity index (χ2v) is 4.53. The molecule has 23 heavy (non-hydrogen) atoms. The number of nitrogens with one attached hydrogen (secondary N) is 2. The highest BCUT2D eigenvalue weighted by atomic mass is 19.1. The number of phenolic OH excluding ortho intramolecular Hbond substituents is 1. The van der Waals surface area contributed by atoms with Crippen LogP contribution in [0.3, 0.4) is 0 Å². The first kappa shape index (κ1) is 16.3. The Hall–Kier alpha value is -3.10. The number of hydrogen-bond donors (Lipinski definition) is 3. The van der Waals surface area contributed by atoms with Crippen molar-refractivity contribution in [1.82, 2.24) is 9.55 Å². The second kappa shape index (κ2) is 6.77. The van der Waals surface area contributed by atoms with E-state index in [2.05, 4.69) is 5.32 Å². The van der Waals surface area contributed by atoms with Gasteiger partial charge in [-0.1, -0.05) is 0 Å². The summed E-state index contributed by atoms with van der Waals surface area (Å²) >= 11 is 0. The molecule has 0 aliphatic heterocycles. The van der Waals surface area contributed by atoms with Crippen LogP contribution in [0.25, 0.3) is 0 Å². The maximum Gasteiger partial charge on any atom is 0.328 e. The van der Waals surface area contributed by atoms with Gasteiger partial charge in [0.1, 0.15) is 18.0 Å². The number of anilines is 1. The van der Waals surface area contributed by atoms with Crippen molar-refractivity contribution in [2.24, 2.45) is 0 Å². The highest BCUT2D eigenvalue weighted by molar-refractivity contribution is 5.92. The molecule has 0 fully saturated rings. The van der Waals surface area contributed by atoms with Crippen LogP contribution in [-0.4, -0.2) is 27.2 Å². The smallest absolute Gasteiger partial charge is 0.328 e. The van der Waals surface area contributed by atoms with Crippen molar-refractivity contribution in [2.75, 3.05) is 11.9 Å². The molecule has 0 atom stereocenters. The minimum absolute atomic E-state index is 0.0870. The summed E-state index contributed by atoms with van der Waals surface area (Å²) in [6.07, 6.45) is 0.646. The molecule has 8 nitrogen and oxygen atoms in total. The molecule has 2 rings (SSSR count). The van der Waals surface area contributed by atoms with Gasteiger partial charge in [-0.2, -0.15) is 4.39 Å². The minimum atomic E-state index is -1.18. The first-order valence-electron chi connectivity index (χ1n) is 6.65. The van der Waals surface area contributed by atoms with E-state index in [1.54, 1.807) is 11.9 Å². The van der Waals surface area contributed by atoms with E-state index in [4.69, 9.17) is 4.74 Å². The molecule has 9 heteroatoms. The van der Waals surface area contributed by atoms with Crippen LogP contribution < -0.4 is 21.3 Å². The van der Waals surface area contributed by atoms with E-state index >= 15 is 0 Å². The van der Waals surface area contributed by atoms with Gasteiger partial charge in [0, 0.05) is 6.07 Å². The van der Waals surface area contributed by atoms with Gasteiger partial charge in [0.05, 0.1) is 18.5 Å². The molecule has 0 bridgehead atoms. The van der Waals surface area contributed by atoms with Crippen molar-refractivity contribution in [2.45, 2.75) is 13.5 Å². The predicted octanol–water partition coefficient (Wildman–Crippen LogP) is 0.419. The molecule has 0 saturated heterocycles. The number of aromatic nitrogens is 2. The molecule has 2 aromatic rings. The molecule has 0 radical (unpaired) electrons. The maximum absolute atomic E-state index is 13.2. The second-order valence-electron chi connectivity index (χ2n) is 4.53. The monoisotopic (exact) mass is 323 g/mol. The van der Waals surface area contributed by atoms with Crippen molar-refractivity contribution >= 4 is 11.6 Å². The van der Waals surface area contributed by atoms with E-state index in [1.807, 2.05) is 0 Å². The van der Waals surface area contributed by atoms with Crippen LogP contribution in [-0.2, 0) is 11.3 Å². The van der Waals surface area contributed by atoms with Gasteiger partial charge < -0.3 is 15.2 Å². The lowest BCUT2D eigenvalue weighted by Crippen LogP contribution is -2.34. The van der Waals surface area contributed by atoms with E-state index in [1.165, 1.54) is 18.2 Å². The van der Waals surface area contributed by atoms with Crippen molar-refractivity contribution < 1.29 is 19.0 Å². The molecule has 0 saturated carbocycles. The molecule has 0 spiro atoms. The zero-order chi connectivity index (χ0) is 17.0. The highest BCUT2D eigenvalue weighted by Crippen LogP contribution is 2.28. The molecule has 1 aromatic heterocycles. The third-order valence-corrected chi connectivity index (χ3v) is 2.82. The third-order valence-electron chi connectivity index (χ3n) is 2.82. The largest absolute Gasteiger partial charge is 0.508 e. The van der Waals surface area contributed by atoms with Gasteiger partial charge in [-0.15, -0.1) is 0 Å². The zero-order valence-corrected chi connectivity index (χ0v) is 12.1. The summed E-state index contributed by atoms with van der Waals surface area (Å²) in [7, 11) is 0. The van der Waals surface area contributed by atoms with Gasteiger partial charge in [0.2, 0.25) is 11.7 Å². The molecular formula is C14H14FN3O5. The Labute approximate surface area is 129 Å². The lowest BCUT2D eigenvalue weighted by molar-refractivity contribution is -0.116. The van der Waals surface area contributed by atoms with Gasteiger partial charge in [-0.3, -0.25) is 19.1 Å². The first-order chi connectivity index (χ1) is 10.9. The summed E-state index contributed by atoms with van der Waals surface area (Å²) in [5.41, 5.74) is -1.86. The summed E-state index contributed by atoms with van der Waals surface area (Å²) in [5.74, 6) is -1.59. The Kier molecular flexibility index (Phi) is 4.79. The van der Waals surface area contributed by atoms with Crippen LogP contribution in [0.2, 0.25) is 0 Å². The number of aromatic amines is 1. The van der Waals surface area contributed by atoms with Crippen molar-refractivity contribution in [1.29, 1.82) is 0 Å². The Morgan fingerprint density at radius 1 is 1.43 bits per heavy atom. The molecule has 0 aliphatic carbocycles. The molecule has 1 heterocycles. The van der Waals surface area contributed by atoms with Gasteiger partial charge in [0.15, 0.2) is 0 Å². The van der Waals surface area contributed by atoms with Crippen LogP contribution in [0.1, 0.15) is 6.92 Å². The van der Waals surface area contributed by atoms with Crippen molar-refractivity contribution in [3.05, 3.63) is 51.1 Å². The fourth-order valence-corrected chi connectivity index (χ4v) is 1.84. The lowest BCUT2D eigenvalue weighted by atomic mass is 10.2. The number of rotatable bonds is 5.